The van der Waals surface area contributed by atoms with Crippen LogP contribution in [0.5, 0.6) is 0 Å². The van der Waals surface area contributed by atoms with Gasteiger partial charge in [-0.2, -0.15) is 13.2 Å². The fourth-order valence-corrected chi connectivity index (χ4v) is 3.66. The van der Waals surface area contributed by atoms with Crippen LogP contribution in [0.3, 0.4) is 0 Å². The van der Waals surface area contributed by atoms with Gasteiger partial charge in [0, 0.05) is 37.8 Å². The molecule has 2 aromatic rings. The molecule has 9 heteroatoms. The number of piperazine rings is 1. The lowest BCUT2D eigenvalue weighted by atomic mass is 9.97. The van der Waals surface area contributed by atoms with Gasteiger partial charge in [0.25, 0.3) is 5.91 Å². The van der Waals surface area contributed by atoms with E-state index in [0.29, 0.717) is 16.7 Å². The third-order valence-electron chi connectivity index (χ3n) is 5.64. The van der Waals surface area contributed by atoms with Crippen molar-refractivity contribution in [3.8, 4) is 11.1 Å². The van der Waals surface area contributed by atoms with Gasteiger partial charge in [0.15, 0.2) is 0 Å². The smallest absolute Gasteiger partial charge is 0.345 e. The lowest BCUT2D eigenvalue weighted by Gasteiger charge is -2.34. The highest BCUT2D eigenvalue weighted by atomic mass is 19.4. The minimum atomic E-state index is -4.43. The summed E-state index contributed by atoms with van der Waals surface area (Å²) in [5, 5.41) is 2.67. The van der Waals surface area contributed by atoms with Crippen LogP contribution < -0.4 is 5.32 Å². The largest absolute Gasteiger partial charge is 0.416 e. The number of nitrogens with zero attached hydrogens (tertiary/aromatic N) is 2. The first-order valence-electron chi connectivity index (χ1n) is 10.4. The van der Waals surface area contributed by atoms with Gasteiger partial charge in [0.2, 0.25) is 0 Å². The third-order valence-corrected chi connectivity index (χ3v) is 5.64. The normalized spacial score (nSPS) is 16.6. The zero-order valence-corrected chi connectivity index (χ0v) is 17.2. The molecule has 4 rings (SSSR count). The first-order valence-corrected chi connectivity index (χ1v) is 10.4. The second-order valence-corrected chi connectivity index (χ2v) is 7.95. The van der Waals surface area contributed by atoms with E-state index in [1.807, 2.05) is 0 Å². The van der Waals surface area contributed by atoms with E-state index in [9.17, 15) is 27.6 Å². The standard InChI is InChI=1S/C23H22F3N3O3/c24-23(25,26)16-7-5-15(6-8-16)18-3-1-2-4-19(18)21(31)28-11-13-29(14-12-28)22(32)20(30)27-17-9-10-17/h1-8,17H,9-14H2,(H,27,30). The van der Waals surface area contributed by atoms with Gasteiger partial charge in [-0.3, -0.25) is 14.4 Å². The summed E-state index contributed by atoms with van der Waals surface area (Å²) in [7, 11) is 0. The number of carbonyl (C=O) groups is 3. The Bertz CT molecular complexity index is 1020. The average molecular weight is 445 g/mol. The molecule has 1 saturated carbocycles. The minimum Gasteiger partial charge on any atom is -0.345 e. The molecule has 1 heterocycles. The Hall–Kier alpha value is -3.36. The molecule has 1 aliphatic carbocycles. The molecule has 0 unspecified atom stereocenters. The van der Waals surface area contributed by atoms with Crippen molar-refractivity contribution < 1.29 is 27.6 Å². The summed E-state index contributed by atoms with van der Waals surface area (Å²) in [4.78, 5) is 40.4. The van der Waals surface area contributed by atoms with Gasteiger partial charge in [0.1, 0.15) is 0 Å². The molecular formula is C23H22F3N3O3. The molecule has 6 nitrogen and oxygen atoms in total. The van der Waals surface area contributed by atoms with E-state index in [-0.39, 0.29) is 38.1 Å². The predicted octanol–water partition coefficient (Wildman–Crippen LogP) is 2.94. The first-order chi connectivity index (χ1) is 15.2. The quantitative estimate of drug-likeness (QED) is 0.739. The second kappa shape index (κ2) is 8.64. The zero-order chi connectivity index (χ0) is 22.9. The fourth-order valence-electron chi connectivity index (χ4n) is 3.66. The van der Waals surface area contributed by atoms with Crippen molar-refractivity contribution in [1.29, 1.82) is 0 Å². The third kappa shape index (κ3) is 4.76. The SMILES string of the molecule is O=C(NC1CC1)C(=O)N1CCN(C(=O)c2ccccc2-c2ccc(C(F)(F)F)cc2)CC1. The molecule has 0 spiro atoms. The molecule has 0 bridgehead atoms. The molecule has 2 aliphatic rings. The molecule has 32 heavy (non-hydrogen) atoms. The van der Waals surface area contributed by atoms with Crippen LogP contribution in [0.15, 0.2) is 48.5 Å². The Labute approximate surface area is 183 Å². The van der Waals surface area contributed by atoms with Crippen LogP contribution in [-0.2, 0) is 15.8 Å². The van der Waals surface area contributed by atoms with E-state index in [4.69, 9.17) is 0 Å². The summed E-state index contributed by atoms with van der Waals surface area (Å²) in [6.45, 7) is 1.02. The van der Waals surface area contributed by atoms with E-state index >= 15 is 0 Å². The molecule has 0 atom stereocenters. The van der Waals surface area contributed by atoms with Crippen molar-refractivity contribution in [1.82, 2.24) is 15.1 Å². The summed E-state index contributed by atoms with van der Waals surface area (Å²) >= 11 is 0. The fraction of sp³-hybridized carbons (Fsp3) is 0.348. The topological polar surface area (TPSA) is 69.7 Å². The van der Waals surface area contributed by atoms with Crippen molar-refractivity contribution in [3.05, 3.63) is 59.7 Å². The Kier molecular flexibility index (Phi) is 5.90. The van der Waals surface area contributed by atoms with Crippen molar-refractivity contribution >= 4 is 17.7 Å². The monoisotopic (exact) mass is 445 g/mol. The maximum Gasteiger partial charge on any atom is 0.416 e. The number of benzene rings is 2. The number of carbonyl (C=O) groups excluding carboxylic acids is 3. The van der Waals surface area contributed by atoms with Crippen LogP contribution in [-0.4, -0.2) is 59.7 Å². The van der Waals surface area contributed by atoms with E-state index in [2.05, 4.69) is 5.32 Å². The maximum atomic E-state index is 13.1. The van der Waals surface area contributed by atoms with Crippen molar-refractivity contribution in [2.24, 2.45) is 0 Å². The lowest BCUT2D eigenvalue weighted by Crippen LogP contribution is -2.54. The van der Waals surface area contributed by atoms with Crippen LogP contribution in [0.4, 0.5) is 13.2 Å². The van der Waals surface area contributed by atoms with Gasteiger partial charge in [-0.15, -0.1) is 0 Å². The summed E-state index contributed by atoms with van der Waals surface area (Å²) in [5.74, 6) is -1.47. The molecule has 0 aromatic heterocycles. The molecule has 2 fully saturated rings. The zero-order valence-electron chi connectivity index (χ0n) is 17.2. The van der Waals surface area contributed by atoms with Gasteiger partial charge in [0.05, 0.1) is 5.56 Å². The molecular weight excluding hydrogens is 423 g/mol. The number of rotatable bonds is 3. The summed E-state index contributed by atoms with van der Waals surface area (Å²) in [5.41, 5.74) is 0.663. The Morgan fingerprint density at radius 2 is 1.44 bits per heavy atom. The van der Waals surface area contributed by atoms with Crippen LogP contribution >= 0.6 is 0 Å². The highest BCUT2D eigenvalue weighted by Gasteiger charge is 2.32. The minimum absolute atomic E-state index is 0.0935. The summed E-state index contributed by atoms with van der Waals surface area (Å²) < 4.78 is 38.6. The van der Waals surface area contributed by atoms with E-state index in [0.717, 1.165) is 25.0 Å². The number of halogens is 3. The van der Waals surface area contributed by atoms with Gasteiger partial charge in [-0.05, 0) is 42.2 Å². The summed E-state index contributed by atoms with van der Waals surface area (Å²) in [6, 6.07) is 11.5. The predicted molar refractivity (Wildman–Crippen MR) is 111 cm³/mol. The molecule has 2 aromatic carbocycles. The van der Waals surface area contributed by atoms with E-state index < -0.39 is 23.6 Å². The van der Waals surface area contributed by atoms with Crippen LogP contribution in [0, 0.1) is 0 Å². The summed E-state index contributed by atoms with van der Waals surface area (Å²) in [6.07, 6.45) is -2.65. The van der Waals surface area contributed by atoms with E-state index in [1.54, 1.807) is 29.2 Å². The highest BCUT2D eigenvalue weighted by Crippen LogP contribution is 2.32. The Balaban J connectivity index is 1.44. The second-order valence-electron chi connectivity index (χ2n) is 7.95. The molecule has 3 amide bonds. The number of nitrogens with one attached hydrogen (secondary N) is 1. The average Bonchev–Trinajstić information content (AvgIpc) is 3.61. The number of amides is 3. The van der Waals surface area contributed by atoms with Gasteiger partial charge in [-0.1, -0.05) is 30.3 Å². The van der Waals surface area contributed by atoms with Gasteiger partial charge in [-0.25, -0.2) is 0 Å². The molecule has 1 aliphatic heterocycles. The van der Waals surface area contributed by atoms with Crippen LogP contribution in [0.2, 0.25) is 0 Å². The Morgan fingerprint density at radius 3 is 2.03 bits per heavy atom. The Morgan fingerprint density at radius 1 is 0.844 bits per heavy atom. The van der Waals surface area contributed by atoms with Crippen molar-refractivity contribution in [2.45, 2.75) is 25.1 Å². The maximum absolute atomic E-state index is 13.1. The molecule has 1 saturated heterocycles. The van der Waals surface area contributed by atoms with Gasteiger partial charge >= 0.3 is 18.0 Å². The highest BCUT2D eigenvalue weighted by molar-refractivity contribution is 6.35. The lowest BCUT2D eigenvalue weighted by molar-refractivity contribution is -0.146. The van der Waals surface area contributed by atoms with Gasteiger partial charge < -0.3 is 15.1 Å². The van der Waals surface area contributed by atoms with Crippen molar-refractivity contribution in [3.63, 3.8) is 0 Å². The van der Waals surface area contributed by atoms with Crippen LogP contribution in [0.1, 0.15) is 28.8 Å². The number of hydrogen-bond donors (Lipinski definition) is 1. The number of alkyl halides is 3. The van der Waals surface area contributed by atoms with Crippen molar-refractivity contribution in [2.75, 3.05) is 26.2 Å². The molecule has 0 radical (unpaired) electrons. The first kappa shape index (κ1) is 21.9. The number of hydrogen-bond acceptors (Lipinski definition) is 3. The van der Waals surface area contributed by atoms with Crippen LogP contribution in [0.25, 0.3) is 11.1 Å². The molecule has 168 valence electrons. The molecule has 1 N–H and O–H groups in total. The van der Waals surface area contributed by atoms with E-state index in [1.165, 1.54) is 17.0 Å².